The summed E-state index contributed by atoms with van der Waals surface area (Å²) in [5.41, 5.74) is 15.5. The number of hydrogen-bond acceptors (Lipinski definition) is 3. The van der Waals surface area contributed by atoms with Gasteiger partial charge in [-0.25, -0.2) is 0 Å². The molecule has 0 unspecified atom stereocenters. The molecule has 2 heterocycles. The minimum absolute atomic E-state index is 0.845. The van der Waals surface area contributed by atoms with Gasteiger partial charge in [0.05, 0.1) is 11.1 Å². The Morgan fingerprint density at radius 2 is 0.885 bits per heavy atom. The van der Waals surface area contributed by atoms with Gasteiger partial charge in [0.15, 0.2) is 0 Å². The summed E-state index contributed by atoms with van der Waals surface area (Å²) in [5.74, 6) is 0. The number of furan rings is 2. The molecule has 0 amide bonds. The minimum Gasteiger partial charge on any atom is -0.455 e. The van der Waals surface area contributed by atoms with Gasteiger partial charge in [-0.2, -0.15) is 0 Å². The number of benzene rings is 10. The largest absolute Gasteiger partial charge is 0.455 e. The standard InChI is InChI=1S/C58H37NO2/c1-4-13-38(14-5-1)45-27-31-51-55(36-45)61-58-49(42-18-8-3-9-19-42)32-33-53(56(51)58)59(46-28-25-40(26-29-46)44-24-23-39-15-10-11-20-43(39)35-44)47-30-34-54-52(37-47)50-22-12-21-48(57(50)60-54)41-16-6-2-7-17-41/h1-37H. The fraction of sp³-hybridized carbons (Fsp3) is 0. The summed E-state index contributed by atoms with van der Waals surface area (Å²) in [6.07, 6.45) is 0. The lowest BCUT2D eigenvalue weighted by atomic mass is 9.98. The van der Waals surface area contributed by atoms with E-state index in [-0.39, 0.29) is 0 Å². The molecular weight excluding hydrogens is 743 g/mol. The molecule has 0 saturated carbocycles. The van der Waals surface area contributed by atoms with Crippen molar-refractivity contribution in [3.8, 4) is 44.5 Å². The molecule has 0 aliphatic carbocycles. The van der Waals surface area contributed by atoms with Gasteiger partial charge in [0, 0.05) is 38.7 Å². The first-order chi connectivity index (χ1) is 30.2. The maximum Gasteiger partial charge on any atom is 0.145 e. The summed E-state index contributed by atoms with van der Waals surface area (Å²) in [6, 6.07) is 79.8. The monoisotopic (exact) mass is 779 g/mol. The van der Waals surface area contributed by atoms with Crippen LogP contribution in [-0.2, 0) is 0 Å². The Morgan fingerprint density at radius 3 is 1.64 bits per heavy atom. The highest BCUT2D eigenvalue weighted by molar-refractivity contribution is 6.18. The second kappa shape index (κ2) is 14.3. The van der Waals surface area contributed by atoms with Crippen molar-refractivity contribution in [1.29, 1.82) is 0 Å². The number of nitrogens with zero attached hydrogens (tertiary/aromatic N) is 1. The number of para-hydroxylation sites is 1. The smallest absolute Gasteiger partial charge is 0.145 e. The van der Waals surface area contributed by atoms with E-state index in [1.165, 1.54) is 16.3 Å². The van der Waals surface area contributed by atoms with E-state index >= 15 is 0 Å². The second-order valence-electron chi connectivity index (χ2n) is 15.7. The first-order valence-corrected chi connectivity index (χ1v) is 20.7. The van der Waals surface area contributed by atoms with E-state index in [1.54, 1.807) is 0 Å². The average molecular weight is 780 g/mol. The van der Waals surface area contributed by atoms with Gasteiger partial charge in [0.2, 0.25) is 0 Å². The predicted octanol–water partition coefficient (Wildman–Crippen LogP) is 16.8. The van der Waals surface area contributed by atoms with Crippen LogP contribution in [0.5, 0.6) is 0 Å². The van der Waals surface area contributed by atoms with Crippen LogP contribution in [0, 0.1) is 0 Å². The van der Waals surface area contributed by atoms with E-state index in [9.17, 15) is 0 Å². The Kier molecular flexibility index (Phi) is 8.17. The Labute approximate surface area is 353 Å². The Bertz CT molecular complexity index is 3570. The van der Waals surface area contributed by atoms with Gasteiger partial charge in [-0.3, -0.25) is 0 Å². The topological polar surface area (TPSA) is 29.5 Å². The predicted molar refractivity (Wildman–Crippen MR) is 255 cm³/mol. The summed E-state index contributed by atoms with van der Waals surface area (Å²) in [4.78, 5) is 2.38. The molecule has 0 fully saturated rings. The third kappa shape index (κ3) is 5.98. The first kappa shape index (κ1) is 34.9. The average Bonchev–Trinajstić information content (AvgIpc) is 3.91. The number of fused-ring (bicyclic) bond motifs is 7. The summed E-state index contributed by atoms with van der Waals surface area (Å²) in [5, 5.41) is 6.71. The number of hydrogen-bond donors (Lipinski definition) is 0. The van der Waals surface area contributed by atoms with Crippen molar-refractivity contribution in [2.75, 3.05) is 4.90 Å². The van der Waals surface area contributed by atoms with Crippen molar-refractivity contribution in [2.24, 2.45) is 0 Å². The Morgan fingerprint density at radius 1 is 0.295 bits per heavy atom. The van der Waals surface area contributed by atoms with Crippen molar-refractivity contribution in [1.82, 2.24) is 0 Å². The van der Waals surface area contributed by atoms with Crippen molar-refractivity contribution in [3.05, 3.63) is 224 Å². The van der Waals surface area contributed by atoms with Crippen molar-refractivity contribution in [2.45, 2.75) is 0 Å². The molecule has 3 heteroatoms. The zero-order chi connectivity index (χ0) is 40.3. The van der Waals surface area contributed by atoms with Gasteiger partial charge in [-0.05, 0) is 105 Å². The van der Waals surface area contributed by atoms with Crippen molar-refractivity contribution >= 4 is 71.7 Å². The van der Waals surface area contributed by atoms with E-state index in [4.69, 9.17) is 8.83 Å². The van der Waals surface area contributed by atoms with E-state index in [0.29, 0.717) is 0 Å². The highest BCUT2D eigenvalue weighted by Crippen LogP contribution is 2.48. The molecular formula is C58H37NO2. The van der Waals surface area contributed by atoms with Gasteiger partial charge >= 0.3 is 0 Å². The molecule has 0 bridgehead atoms. The van der Waals surface area contributed by atoms with E-state index in [1.807, 2.05) is 6.07 Å². The number of anilines is 3. The minimum atomic E-state index is 0.845. The van der Waals surface area contributed by atoms with E-state index < -0.39 is 0 Å². The van der Waals surface area contributed by atoms with Crippen LogP contribution in [0.4, 0.5) is 17.1 Å². The highest BCUT2D eigenvalue weighted by Gasteiger charge is 2.24. The molecule has 0 atom stereocenters. The summed E-state index contributed by atoms with van der Waals surface area (Å²) < 4.78 is 13.7. The van der Waals surface area contributed by atoms with Gasteiger partial charge in [0.25, 0.3) is 0 Å². The molecule has 12 rings (SSSR count). The lowest BCUT2D eigenvalue weighted by Gasteiger charge is -2.27. The van der Waals surface area contributed by atoms with Crippen LogP contribution >= 0.6 is 0 Å². The molecule has 12 aromatic rings. The normalized spacial score (nSPS) is 11.6. The molecule has 2 aromatic heterocycles. The summed E-state index contributed by atoms with van der Waals surface area (Å²) in [7, 11) is 0. The van der Waals surface area contributed by atoms with Gasteiger partial charge in [-0.15, -0.1) is 0 Å². The SMILES string of the molecule is c1ccc(-c2ccc3c(c2)oc2c(-c4ccccc4)ccc(N(c4ccc(-c5ccc6ccccc6c5)cc4)c4ccc5oc6c(-c7ccccc7)cccc6c5c4)c23)cc1. The fourth-order valence-corrected chi connectivity index (χ4v) is 9.07. The molecule has 0 N–H and O–H groups in total. The van der Waals surface area contributed by atoms with E-state index in [2.05, 4.69) is 223 Å². The van der Waals surface area contributed by atoms with Crippen molar-refractivity contribution < 1.29 is 8.83 Å². The van der Waals surface area contributed by atoms with Gasteiger partial charge in [0.1, 0.15) is 22.3 Å². The van der Waals surface area contributed by atoms with Crippen molar-refractivity contribution in [3.63, 3.8) is 0 Å². The maximum atomic E-state index is 7.00. The van der Waals surface area contributed by atoms with Crippen LogP contribution in [-0.4, -0.2) is 0 Å². The lowest BCUT2D eigenvalue weighted by molar-refractivity contribution is 0.669. The Balaban J connectivity index is 1.09. The van der Waals surface area contributed by atoms with Gasteiger partial charge < -0.3 is 13.7 Å². The zero-order valence-corrected chi connectivity index (χ0v) is 33.1. The zero-order valence-electron chi connectivity index (χ0n) is 33.1. The third-order valence-electron chi connectivity index (χ3n) is 12.1. The van der Waals surface area contributed by atoms with Crippen LogP contribution < -0.4 is 4.90 Å². The fourth-order valence-electron chi connectivity index (χ4n) is 9.07. The van der Waals surface area contributed by atoms with Crippen LogP contribution in [0.3, 0.4) is 0 Å². The van der Waals surface area contributed by atoms with Crippen LogP contribution in [0.25, 0.3) is 99.2 Å². The van der Waals surface area contributed by atoms with Gasteiger partial charge in [-0.1, -0.05) is 164 Å². The first-order valence-electron chi connectivity index (χ1n) is 20.7. The molecule has 0 aliphatic rings. The third-order valence-corrected chi connectivity index (χ3v) is 12.1. The second-order valence-corrected chi connectivity index (χ2v) is 15.7. The van der Waals surface area contributed by atoms with E-state index in [0.717, 1.165) is 99.9 Å². The quantitative estimate of drug-likeness (QED) is 0.161. The summed E-state index contributed by atoms with van der Waals surface area (Å²) >= 11 is 0. The molecule has 0 radical (unpaired) electrons. The molecule has 61 heavy (non-hydrogen) atoms. The maximum absolute atomic E-state index is 7.00. The highest BCUT2D eigenvalue weighted by atomic mass is 16.3. The molecule has 0 aliphatic heterocycles. The number of rotatable bonds is 7. The van der Waals surface area contributed by atoms with Crippen LogP contribution in [0.15, 0.2) is 233 Å². The molecule has 286 valence electrons. The van der Waals surface area contributed by atoms with Crippen LogP contribution in [0.1, 0.15) is 0 Å². The molecule has 0 saturated heterocycles. The molecule has 10 aromatic carbocycles. The lowest BCUT2D eigenvalue weighted by Crippen LogP contribution is -2.10. The summed E-state index contributed by atoms with van der Waals surface area (Å²) in [6.45, 7) is 0. The van der Waals surface area contributed by atoms with Crippen LogP contribution in [0.2, 0.25) is 0 Å². The molecule has 0 spiro atoms. The Hall–Kier alpha value is -8.14. The molecule has 3 nitrogen and oxygen atoms in total.